The quantitative estimate of drug-likeness (QED) is 0.700. The highest BCUT2D eigenvalue weighted by molar-refractivity contribution is 5.89. The molecule has 2 N–H and O–H groups in total. The van der Waals surface area contributed by atoms with Crippen LogP contribution in [0.1, 0.15) is 21.7 Å². The summed E-state index contributed by atoms with van der Waals surface area (Å²) in [7, 11) is 0. The standard InChI is InChI=1S/C19H17NO3.ClH/c21-19(22)16-8-4-7-15(11-16)18-10-9-17(23-18)13-20-12-14-5-2-1-3-6-14;/h1-11,20H,12-13H2,(H,21,22);1H/p-1. The zero-order valence-corrected chi connectivity index (χ0v) is 13.7. The van der Waals surface area contributed by atoms with Crippen molar-refractivity contribution in [1.82, 2.24) is 5.32 Å². The minimum absolute atomic E-state index is 0. The van der Waals surface area contributed by atoms with E-state index in [0.717, 1.165) is 17.9 Å². The van der Waals surface area contributed by atoms with E-state index < -0.39 is 5.97 Å². The molecule has 0 bridgehead atoms. The molecule has 0 aliphatic carbocycles. The molecule has 0 aliphatic rings. The molecule has 1 heterocycles. The van der Waals surface area contributed by atoms with Crippen LogP contribution in [0, 0.1) is 0 Å². The first kappa shape index (κ1) is 17.8. The number of hydrogen-bond acceptors (Lipinski definition) is 3. The molecular weight excluding hydrogens is 326 g/mol. The Balaban J connectivity index is 0.00000208. The fourth-order valence-corrected chi connectivity index (χ4v) is 2.36. The number of carboxylic acid groups (broad SMARTS) is 1. The average molecular weight is 343 g/mol. The second kappa shape index (κ2) is 8.34. The molecule has 24 heavy (non-hydrogen) atoms. The van der Waals surface area contributed by atoms with Crippen molar-refractivity contribution in [2.45, 2.75) is 13.1 Å². The monoisotopic (exact) mass is 342 g/mol. The molecule has 3 aromatic rings. The van der Waals surface area contributed by atoms with Gasteiger partial charge in [0.1, 0.15) is 11.5 Å². The number of carbonyl (C=O) groups is 1. The Kier molecular flexibility index (Phi) is 6.18. The molecule has 0 atom stereocenters. The molecule has 0 aliphatic heterocycles. The van der Waals surface area contributed by atoms with Crippen LogP contribution in [0.4, 0.5) is 0 Å². The van der Waals surface area contributed by atoms with E-state index in [4.69, 9.17) is 9.52 Å². The lowest BCUT2D eigenvalue weighted by atomic mass is 10.1. The Morgan fingerprint density at radius 2 is 1.75 bits per heavy atom. The maximum atomic E-state index is 11.0. The van der Waals surface area contributed by atoms with Crippen molar-refractivity contribution in [3.05, 3.63) is 83.6 Å². The summed E-state index contributed by atoms with van der Waals surface area (Å²) in [6.45, 7) is 1.39. The number of nitrogens with one attached hydrogen (secondary N) is 1. The van der Waals surface area contributed by atoms with Crippen LogP contribution in [0.5, 0.6) is 0 Å². The van der Waals surface area contributed by atoms with Crippen molar-refractivity contribution in [3.8, 4) is 11.3 Å². The van der Waals surface area contributed by atoms with Crippen LogP contribution in [-0.4, -0.2) is 11.1 Å². The molecule has 0 amide bonds. The van der Waals surface area contributed by atoms with Gasteiger partial charge in [0.15, 0.2) is 0 Å². The van der Waals surface area contributed by atoms with Crippen LogP contribution >= 0.6 is 0 Å². The summed E-state index contributed by atoms with van der Waals surface area (Å²) < 4.78 is 5.79. The van der Waals surface area contributed by atoms with Gasteiger partial charge in [-0.3, -0.25) is 0 Å². The summed E-state index contributed by atoms with van der Waals surface area (Å²) >= 11 is 0. The SMILES string of the molecule is O=C(O)c1cccc(-c2ccc(CNCc3ccccc3)o2)c1.[Cl-]. The topological polar surface area (TPSA) is 62.5 Å². The van der Waals surface area contributed by atoms with Crippen molar-refractivity contribution >= 4 is 5.97 Å². The van der Waals surface area contributed by atoms with E-state index in [0.29, 0.717) is 12.3 Å². The zero-order valence-electron chi connectivity index (χ0n) is 12.9. The maximum Gasteiger partial charge on any atom is 0.335 e. The number of carboxylic acids is 1. The van der Waals surface area contributed by atoms with Crippen molar-refractivity contribution in [2.75, 3.05) is 0 Å². The van der Waals surface area contributed by atoms with E-state index in [-0.39, 0.29) is 18.0 Å². The Morgan fingerprint density at radius 1 is 0.958 bits per heavy atom. The lowest BCUT2D eigenvalue weighted by molar-refractivity contribution is -0.0000207. The van der Waals surface area contributed by atoms with Gasteiger partial charge >= 0.3 is 5.97 Å². The minimum Gasteiger partial charge on any atom is -1.00 e. The van der Waals surface area contributed by atoms with E-state index in [1.54, 1.807) is 18.2 Å². The number of benzene rings is 2. The Labute approximate surface area is 146 Å². The summed E-state index contributed by atoms with van der Waals surface area (Å²) in [5.41, 5.74) is 2.23. The van der Waals surface area contributed by atoms with E-state index in [1.807, 2.05) is 36.4 Å². The minimum atomic E-state index is -0.942. The predicted molar refractivity (Wildman–Crippen MR) is 88.1 cm³/mol. The molecule has 0 unspecified atom stereocenters. The molecule has 0 saturated heterocycles. The molecule has 0 spiro atoms. The van der Waals surface area contributed by atoms with Crippen LogP contribution < -0.4 is 17.7 Å². The fourth-order valence-electron chi connectivity index (χ4n) is 2.36. The third-order valence-corrected chi connectivity index (χ3v) is 3.53. The number of hydrogen-bond donors (Lipinski definition) is 2. The smallest absolute Gasteiger partial charge is 0.335 e. The van der Waals surface area contributed by atoms with Crippen molar-refractivity contribution in [2.24, 2.45) is 0 Å². The number of aromatic carboxylic acids is 1. The van der Waals surface area contributed by atoms with E-state index in [2.05, 4.69) is 17.4 Å². The van der Waals surface area contributed by atoms with E-state index >= 15 is 0 Å². The van der Waals surface area contributed by atoms with Crippen molar-refractivity contribution in [1.29, 1.82) is 0 Å². The van der Waals surface area contributed by atoms with Gasteiger partial charge < -0.3 is 27.2 Å². The maximum absolute atomic E-state index is 11.0. The fraction of sp³-hybridized carbons (Fsp3) is 0.105. The third kappa shape index (κ3) is 4.47. The first-order chi connectivity index (χ1) is 11.2. The summed E-state index contributed by atoms with van der Waals surface area (Å²) in [6.07, 6.45) is 0. The van der Waals surface area contributed by atoms with Crippen molar-refractivity contribution in [3.63, 3.8) is 0 Å². The highest BCUT2D eigenvalue weighted by Gasteiger charge is 2.08. The molecule has 0 saturated carbocycles. The van der Waals surface area contributed by atoms with Crippen LogP contribution in [0.3, 0.4) is 0 Å². The lowest BCUT2D eigenvalue weighted by Gasteiger charge is -2.03. The molecule has 3 rings (SSSR count). The first-order valence-corrected chi connectivity index (χ1v) is 7.39. The summed E-state index contributed by atoms with van der Waals surface area (Å²) in [6, 6.07) is 20.7. The van der Waals surface area contributed by atoms with Gasteiger partial charge in [0.05, 0.1) is 12.1 Å². The summed E-state index contributed by atoms with van der Waals surface area (Å²) in [5, 5.41) is 12.4. The third-order valence-electron chi connectivity index (χ3n) is 3.53. The van der Waals surface area contributed by atoms with E-state index in [9.17, 15) is 4.79 Å². The molecule has 0 radical (unpaired) electrons. The van der Waals surface area contributed by atoms with Gasteiger partial charge in [0.25, 0.3) is 0 Å². The van der Waals surface area contributed by atoms with Gasteiger partial charge in [-0.15, -0.1) is 0 Å². The van der Waals surface area contributed by atoms with E-state index in [1.165, 1.54) is 5.56 Å². The van der Waals surface area contributed by atoms with Gasteiger partial charge in [-0.1, -0.05) is 42.5 Å². The second-order valence-electron chi connectivity index (χ2n) is 5.24. The Bertz CT molecular complexity index is 799. The molecule has 5 heteroatoms. The zero-order chi connectivity index (χ0) is 16.1. The number of rotatable bonds is 6. The van der Waals surface area contributed by atoms with Crippen LogP contribution in [0.25, 0.3) is 11.3 Å². The molecule has 4 nitrogen and oxygen atoms in total. The normalized spacial score (nSPS) is 10.2. The molecule has 1 aromatic heterocycles. The number of halogens is 1. The first-order valence-electron chi connectivity index (χ1n) is 7.39. The van der Waals surface area contributed by atoms with Crippen LogP contribution in [0.2, 0.25) is 0 Å². The Hall–Kier alpha value is -2.56. The van der Waals surface area contributed by atoms with Gasteiger partial charge in [0.2, 0.25) is 0 Å². The lowest BCUT2D eigenvalue weighted by Crippen LogP contribution is -3.00. The second-order valence-corrected chi connectivity index (χ2v) is 5.24. The highest BCUT2D eigenvalue weighted by Crippen LogP contribution is 2.23. The summed E-state index contributed by atoms with van der Waals surface area (Å²) in [5.74, 6) is 0.546. The predicted octanol–water partition coefficient (Wildman–Crippen LogP) is 0.939. The highest BCUT2D eigenvalue weighted by atomic mass is 35.5. The van der Waals surface area contributed by atoms with Gasteiger partial charge in [-0.2, -0.15) is 0 Å². The molecule has 0 fully saturated rings. The molecule has 2 aromatic carbocycles. The van der Waals surface area contributed by atoms with Crippen LogP contribution in [-0.2, 0) is 13.1 Å². The average Bonchev–Trinajstić information content (AvgIpc) is 3.05. The molecular formula is C19H17ClNO3-. The van der Waals surface area contributed by atoms with Crippen molar-refractivity contribution < 1.29 is 26.7 Å². The van der Waals surface area contributed by atoms with Gasteiger partial charge in [0, 0.05) is 12.1 Å². The van der Waals surface area contributed by atoms with Gasteiger partial charge in [-0.05, 0) is 29.8 Å². The number of furan rings is 1. The molecule has 124 valence electrons. The summed E-state index contributed by atoms with van der Waals surface area (Å²) in [4.78, 5) is 11.0. The van der Waals surface area contributed by atoms with Gasteiger partial charge in [-0.25, -0.2) is 4.79 Å². The van der Waals surface area contributed by atoms with Crippen LogP contribution in [0.15, 0.2) is 71.1 Å². The largest absolute Gasteiger partial charge is 1.00 e. The Morgan fingerprint density at radius 3 is 2.50 bits per heavy atom.